The lowest BCUT2D eigenvalue weighted by Gasteiger charge is -2.16. The van der Waals surface area contributed by atoms with Crippen molar-refractivity contribution in [1.29, 1.82) is 0 Å². The molecule has 0 bridgehead atoms. The number of aromatic hydroxyl groups is 4. The van der Waals surface area contributed by atoms with Gasteiger partial charge in [0.05, 0.1) is 12.2 Å². The highest BCUT2D eigenvalue weighted by molar-refractivity contribution is 5.49. The first kappa shape index (κ1) is 37.7. The van der Waals surface area contributed by atoms with E-state index in [1.807, 2.05) is 0 Å². The highest BCUT2D eigenvalue weighted by Crippen LogP contribution is 2.34. The van der Waals surface area contributed by atoms with Gasteiger partial charge in [0.25, 0.3) is 0 Å². The molecule has 250 valence electrons. The van der Waals surface area contributed by atoms with Crippen molar-refractivity contribution in [3.8, 4) is 23.0 Å². The number of nitrogens with one attached hydrogen (secondary N) is 2. The highest BCUT2D eigenvalue weighted by atomic mass is 16.3. The van der Waals surface area contributed by atoms with Crippen molar-refractivity contribution in [3.63, 3.8) is 0 Å². The van der Waals surface area contributed by atoms with Gasteiger partial charge in [-0.15, -0.1) is 0 Å². The summed E-state index contributed by atoms with van der Waals surface area (Å²) < 4.78 is 0. The Labute approximate surface area is 265 Å². The van der Waals surface area contributed by atoms with Crippen LogP contribution >= 0.6 is 0 Å². The molecule has 8 N–H and O–H groups in total. The normalized spacial score (nSPS) is 12.9. The maximum Gasteiger partial charge on any atom is 0.160 e. The summed E-state index contributed by atoms with van der Waals surface area (Å²) in [5, 5.41) is 66.1. The van der Waals surface area contributed by atoms with Crippen LogP contribution in [0.5, 0.6) is 23.0 Å². The fourth-order valence-electron chi connectivity index (χ4n) is 5.80. The molecule has 2 rings (SSSR count). The smallest absolute Gasteiger partial charge is 0.160 e. The minimum Gasteiger partial charge on any atom is -0.504 e. The molecule has 2 atom stereocenters. The molecule has 0 aliphatic rings. The Hall–Kier alpha value is -2.52. The van der Waals surface area contributed by atoms with Gasteiger partial charge in [-0.1, -0.05) is 102 Å². The van der Waals surface area contributed by atoms with Crippen molar-refractivity contribution < 1.29 is 30.6 Å². The standard InChI is InChI=1S/C36H60N2O6/c1-27-29(19-21-31(39)35(27)43)33(41)25-37-23-17-15-13-11-9-7-5-3-4-6-8-10-12-14-16-18-24-38-26-34(42)30-20-22-32(40)36(44)28(30)2/h19-22,33-34,37-44H,3-18,23-26H2,1-2H3. The van der Waals surface area contributed by atoms with Crippen LogP contribution in [0.3, 0.4) is 0 Å². The molecule has 0 aromatic heterocycles. The number of hydrogen-bond donors (Lipinski definition) is 8. The monoisotopic (exact) mass is 616 g/mol. The summed E-state index contributed by atoms with van der Waals surface area (Å²) in [5.41, 5.74) is 2.33. The molecule has 0 saturated carbocycles. The minimum absolute atomic E-state index is 0.158. The molecule has 2 aromatic carbocycles. The zero-order chi connectivity index (χ0) is 32.2. The Bertz CT molecular complexity index is 980. The molecule has 0 aliphatic heterocycles. The van der Waals surface area contributed by atoms with E-state index < -0.39 is 12.2 Å². The van der Waals surface area contributed by atoms with Crippen LogP contribution in [0.25, 0.3) is 0 Å². The van der Waals surface area contributed by atoms with Crippen LogP contribution in [0, 0.1) is 13.8 Å². The molecule has 0 fully saturated rings. The molecular formula is C36H60N2O6. The van der Waals surface area contributed by atoms with E-state index in [1.54, 1.807) is 26.0 Å². The summed E-state index contributed by atoms with van der Waals surface area (Å²) in [6.07, 6.45) is 19.1. The van der Waals surface area contributed by atoms with Crippen LogP contribution in [-0.2, 0) is 0 Å². The Balaban J connectivity index is 1.29. The minimum atomic E-state index is -0.699. The molecule has 44 heavy (non-hydrogen) atoms. The van der Waals surface area contributed by atoms with Gasteiger partial charge in [0.1, 0.15) is 0 Å². The van der Waals surface area contributed by atoms with E-state index in [4.69, 9.17) is 0 Å². The molecule has 2 aromatic rings. The zero-order valence-corrected chi connectivity index (χ0v) is 27.3. The summed E-state index contributed by atoms with van der Waals surface area (Å²) in [6, 6.07) is 6.16. The van der Waals surface area contributed by atoms with E-state index in [-0.39, 0.29) is 23.0 Å². The average Bonchev–Trinajstić information content (AvgIpc) is 3.01. The first-order chi connectivity index (χ1) is 21.2. The fourth-order valence-corrected chi connectivity index (χ4v) is 5.80. The number of unbranched alkanes of at least 4 members (excludes halogenated alkanes) is 15. The van der Waals surface area contributed by atoms with Crippen LogP contribution in [0.2, 0.25) is 0 Å². The molecule has 0 amide bonds. The summed E-state index contributed by atoms with van der Waals surface area (Å²) >= 11 is 0. The van der Waals surface area contributed by atoms with Crippen LogP contribution in [-0.4, -0.2) is 56.8 Å². The largest absolute Gasteiger partial charge is 0.504 e. The molecule has 0 heterocycles. The first-order valence-electron chi connectivity index (χ1n) is 17.0. The average molecular weight is 617 g/mol. The van der Waals surface area contributed by atoms with Crippen LogP contribution in [0.1, 0.15) is 137 Å². The molecular weight excluding hydrogens is 556 g/mol. The zero-order valence-electron chi connectivity index (χ0n) is 27.3. The van der Waals surface area contributed by atoms with Gasteiger partial charge in [0.2, 0.25) is 0 Å². The van der Waals surface area contributed by atoms with Gasteiger partial charge in [0.15, 0.2) is 23.0 Å². The van der Waals surface area contributed by atoms with E-state index in [0.717, 1.165) is 25.9 Å². The molecule has 0 radical (unpaired) electrons. The van der Waals surface area contributed by atoms with Crippen LogP contribution < -0.4 is 10.6 Å². The lowest BCUT2D eigenvalue weighted by Crippen LogP contribution is -2.23. The van der Waals surface area contributed by atoms with Gasteiger partial charge < -0.3 is 41.3 Å². The van der Waals surface area contributed by atoms with Gasteiger partial charge in [-0.2, -0.15) is 0 Å². The van der Waals surface area contributed by atoms with Crippen molar-refractivity contribution in [2.45, 2.75) is 129 Å². The SMILES string of the molecule is Cc1c(C(O)CNCCCCCCCCCCCCCCCCCCNCC(O)c2ccc(O)c(O)c2C)ccc(O)c1O. The van der Waals surface area contributed by atoms with Crippen molar-refractivity contribution in [2.75, 3.05) is 26.2 Å². The van der Waals surface area contributed by atoms with Gasteiger partial charge in [0, 0.05) is 24.2 Å². The highest BCUT2D eigenvalue weighted by Gasteiger charge is 2.16. The lowest BCUT2D eigenvalue weighted by molar-refractivity contribution is 0.173. The predicted octanol–water partition coefficient (Wildman–Crippen LogP) is 7.31. The third-order valence-electron chi connectivity index (χ3n) is 8.75. The maximum absolute atomic E-state index is 10.4. The Morgan fingerprint density at radius 2 is 0.727 bits per heavy atom. The van der Waals surface area contributed by atoms with Gasteiger partial charge >= 0.3 is 0 Å². The predicted molar refractivity (Wildman–Crippen MR) is 179 cm³/mol. The van der Waals surface area contributed by atoms with Crippen molar-refractivity contribution in [1.82, 2.24) is 10.6 Å². The maximum atomic E-state index is 10.4. The molecule has 0 aliphatic carbocycles. The summed E-state index contributed by atoms with van der Waals surface area (Å²) in [6.45, 7) is 6.03. The number of hydrogen-bond acceptors (Lipinski definition) is 8. The van der Waals surface area contributed by atoms with Gasteiger partial charge in [-0.25, -0.2) is 0 Å². The topological polar surface area (TPSA) is 145 Å². The Kier molecular flexibility index (Phi) is 18.9. The van der Waals surface area contributed by atoms with Gasteiger partial charge in [-0.3, -0.25) is 0 Å². The second-order valence-corrected chi connectivity index (χ2v) is 12.4. The summed E-state index contributed by atoms with van der Waals surface area (Å²) in [7, 11) is 0. The summed E-state index contributed by atoms with van der Waals surface area (Å²) in [5.74, 6) is -0.635. The number of aliphatic hydroxyl groups is 2. The van der Waals surface area contributed by atoms with E-state index >= 15 is 0 Å². The van der Waals surface area contributed by atoms with Crippen molar-refractivity contribution >= 4 is 0 Å². The van der Waals surface area contributed by atoms with Crippen molar-refractivity contribution in [3.05, 3.63) is 46.5 Å². The van der Waals surface area contributed by atoms with E-state index in [1.165, 1.54) is 102 Å². The molecule has 0 saturated heterocycles. The Morgan fingerprint density at radius 3 is 1.02 bits per heavy atom. The van der Waals surface area contributed by atoms with E-state index in [2.05, 4.69) is 10.6 Å². The molecule has 2 unspecified atom stereocenters. The second-order valence-electron chi connectivity index (χ2n) is 12.4. The number of benzene rings is 2. The van der Waals surface area contributed by atoms with Crippen molar-refractivity contribution in [2.24, 2.45) is 0 Å². The Morgan fingerprint density at radius 1 is 0.455 bits per heavy atom. The third kappa shape index (κ3) is 14.1. The van der Waals surface area contributed by atoms with Gasteiger partial charge in [-0.05, 0) is 63.0 Å². The second kappa shape index (κ2) is 22.1. The number of phenols is 4. The van der Waals surface area contributed by atoms with Crippen LogP contribution in [0.15, 0.2) is 24.3 Å². The van der Waals surface area contributed by atoms with E-state index in [0.29, 0.717) is 35.3 Å². The number of rotatable bonds is 25. The first-order valence-corrected chi connectivity index (χ1v) is 17.0. The summed E-state index contributed by atoms with van der Waals surface area (Å²) in [4.78, 5) is 0. The number of phenolic OH excluding ortho intramolecular Hbond substituents is 4. The number of aliphatic hydroxyl groups excluding tert-OH is 2. The quantitative estimate of drug-likeness (QED) is 0.0428. The lowest BCUT2D eigenvalue weighted by atomic mass is 10.0. The molecule has 8 nitrogen and oxygen atoms in total. The van der Waals surface area contributed by atoms with Crippen LogP contribution in [0.4, 0.5) is 0 Å². The molecule has 0 spiro atoms. The molecule has 8 heteroatoms. The fraction of sp³-hybridized carbons (Fsp3) is 0.667. The third-order valence-corrected chi connectivity index (χ3v) is 8.75. The van der Waals surface area contributed by atoms with E-state index in [9.17, 15) is 30.6 Å².